The number of rotatable bonds is 2. The zero-order valence-corrected chi connectivity index (χ0v) is 9.74. The molecule has 0 saturated carbocycles. The van der Waals surface area contributed by atoms with Gasteiger partial charge in [0.15, 0.2) is 12.6 Å². The number of benzene rings is 2. The molecule has 0 aliphatic rings. The minimum absolute atomic E-state index is 0.535. The van der Waals surface area contributed by atoms with Crippen molar-refractivity contribution in [3.05, 3.63) is 59.7 Å². The van der Waals surface area contributed by atoms with E-state index in [0.717, 1.165) is 12.6 Å². The van der Waals surface area contributed by atoms with Crippen molar-refractivity contribution in [2.75, 3.05) is 11.5 Å². The molecule has 0 radical (unpaired) electrons. The number of aldehydes is 2. The van der Waals surface area contributed by atoms with Gasteiger partial charge in [-0.25, -0.2) is 0 Å². The first kappa shape index (κ1) is 13.4. The second-order valence-electron chi connectivity index (χ2n) is 3.49. The van der Waals surface area contributed by atoms with Gasteiger partial charge in [-0.3, -0.25) is 9.59 Å². The Morgan fingerprint density at radius 1 is 0.667 bits per heavy atom. The van der Waals surface area contributed by atoms with Gasteiger partial charge < -0.3 is 11.5 Å². The van der Waals surface area contributed by atoms with Crippen LogP contribution in [0.4, 0.5) is 11.4 Å². The van der Waals surface area contributed by atoms with Crippen LogP contribution in [0.25, 0.3) is 0 Å². The highest BCUT2D eigenvalue weighted by Crippen LogP contribution is 2.06. The van der Waals surface area contributed by atoms with Gasteiger partial charge in [0.05, 0.1) is 0 Å². The molecule has 92 valence electrons. The smallest absolute Gasteiger partial charge is 0.152 e. The van der Waals surface area contributed by atoms with E-state index in [1.165, 1.54) is 0 Å². The van der Waals surface area contributed by atoms with Crippen LogP contribution in [0.15, 0.2) is 48.5 Å². The number of para-hydroxylation sites is 2. The van der Waals surface area contributed by atoms with E-state index in [0.29, 0.717) is 22.5 Å². The molecule has 0 spiro atoms. The Bertz CT molecular complexity index is 489. The van der Waals surface area contributed by atoms with E-state index in [4.69, 9.17) is 11.5 Å². The van der Waals surface area contributed by atoms with Crippen LogP contribution >= 0.6 is 0 Å². The standard InChI is InChI=1S/2C7H7NO/c2*8-7-4-2-1-3-6(7)5-9/h2*1-5H,8H2. The molecule has 0 aliphatic carbocycles. The summed E-state index contributed by atoms with van der Waals surface area (Å²) in [6.07, 6.45) is 1.49. The SMILES string of the molecule is Nc1ccccc1C=O.Nc1ccccc1C=O. The van der Waals surface area contributed by atoms with Crippen LogP contribution < -0.4 is 11.5 Å². The largest absolute Gasteiger partial charge is 0.398 e. The molecule has 0 heterocycles. The summed E-state index contributed by atoms with van der Waals surface area (Å²) in [4.78, 5) is 20.3. The molecular formula is C14H14N2O2. The minimum atomic E-state index is 0.535. The van der Waals surface area contributed by atoms with Crippen molar-refractivity contribution in [2.24, 2.45) is 0 Å². The van der Waals surface area contributed by atoms with Crippen LogP contribution in [0.2, 0.25) is 0 Å². The maximum Gasteiger partial charge on any atom is 0.152 e. The molecule has 4 N–H and O–H groups in total. The lowest BCUT2D eigenvalue weighted by Gasteiger charge is -1.92. The number of anilines is 2. The second-order valence-corrected chi connectivity index (χ2v) is 3.49. The average Bonchev–Trinajstić information content (AvgIpc) is 2.41. The first-order valence-electron chi connectivity index (χ1n) is 5.28. The Hall–Kier alpha value is -2.62. The molecule has 18 heavy (non-hydrogen) atoms. The molecular weight excluding hydrogens is 228 g/mol. The molecule has 0 fully saturated rings. The summed E-state index contributed by atoms with van der Waals surface area (Å²) in [6, 6.07) is 13.9. The summed E-state index contributed by atoms with van der Waals surface area (Å²) >= 11 is 0. The third-order valence-electron chi connectivity index (χ3n) is 2.25. The van der Waals surface area contributed by atoms with Gasteiger partial charge in [0.25, 0.3) is 0 Å². The highest BCUT2D eigenvalue weighted by Gasteiger charge is 1.91. The van der Waals surface area contributed by atoms with E-state index in [1.807, 2.05) is 0 Å². The molecule has 4 heteroatoms. The summed E-state index contributed by atoms with van der Waals surface area (Å²) in [5.74, 6) is 0. The third-order valence-corrected chi connectivity index (χ3v) is 2.25. The highest BCUT2D eigenvalue weighted by molar-refractivity contribution is 5.83. The number of hydrogen-bond acceptors (Lipinski definition) is 4. The highest BCUT2D eigenvalue weighted by atomic mass is 16.1. The molecule has 4 nitrogen and oxygen atoms in total. The van der Waals surface area contributed by atoms with Gasteiger partial charge in [-0.05, 0) is 24.3 Å². The lowest BCUT2D eigenvalue weighted by atomic mass is 10.2. The maximum atomic E-state index is 10.1. The molecule has 0 atom stereocenters. The minimum Gasteiger partial charge on any atom is -0.398 e. The van der Waals surface area contributed by atoms with Crippen LogP contribution in [-0.4, -0.2) is 12.6 Å². The van der Waals surface area contributed by atoms with Crippen molar-refractivity contribution in [3.63, 3.8) is 0 Å². The summed E-state index contributed by atoms with van der Waals surface area (Å²) in [6.45, 7) is 0. The molecule has 0 aliphatic heterocycles. The summed E-state index contributed by atoms with van der Waals surface area (Å²) in [7, 11) is 0. The normalized spacial score (nSPS) is 8.89. The van der Waals surface area contributed by atoms with Crippen LogP contribution in [0.1, 0.15) is 20.7 Å². The predicted molar refractivity (Wildman–Crippen MR) is 72.5 cm³/mol. The summed E-state index contributed by atoms with van der Waals surface area (Å²) < 4.78 is 0. The topological polar surface area (TPSA) is 86.2 Å². The molecule has 2 aromatic carbocycles. The van der Waals surface area contributed by atoms with Gasteiger partial charge in [-0.1, -0.05) is 24.3 Å². The Kier molecular flexibility index (Phi) is 5.12. The van der Waals surface area contributed by atoms with Gasteiger partial charge in [0, 0.05) is 22.5 Å². The van der Waals surface area contributed by atoms with E-state index >= 15 is 0 Å². The zero-order chi connectivity index (χ0) is 13.4. The predicted octanol–water partition coefficient (Wildman–Crippen LogP) is 2.16. The lowest BCUT2D eigenvalue weighted by Crippen LogP contribution is -1.90. The average molecular weight is 242 g/mol. The number of nitrogen functional groups attached to an aromatic ring is 2. The number of nitrogens with two attached hydrogens (primary N) is 2. The van der Waals surface area contributed by atoms with Gasteiger partial charge >= 0.3 is 0 Å². The van der Waals surface area contributed by atoms with Crippen molar-refractivity contribution in [1.29, 1.82) is 0 Å². The summed E-state index contributed by atoms with van der Waals surface area (Å²) in [5, 5.41) is 0. The Morgan fingerprint density at radius 2 is 1.00 bits per heavy atom. The van der Waals surface area contributed by atoms with Crippen LogP contribution in [0.5, 0.6) is 0 Å². The molecule has 0 bridgehead atoms. The van der Waals surface area contributed by atoms with Gasteiger partial charge in [-0.15, -0.1) is 0 Å². The maximum absolute atomic E-state index is 10.1. The molecule has 2 rings (SSSR count). The van der Waals surface area contributed by atoms with Crippen LogP contribution in [0, 0.1) is 0 Å². The molecule has 2 aromatic rings. The fourth-order valence-electron chi connectivity index (χ4n) is 1.24. The third kappa shape index (κ3) is 3.75. The van der Waals surface area contributed by atoms with Crippen molar-refractivity contribution >= 4 is 23.9 Å². The molecule has 0 aromatic heterocycles. The number of hydrogen-bond donors (Lipinski definition) is 2. The number of carbonyl (C=O) groups is 2. The van der Waals surface area contributed by atoms with Crippen molar-refractivity contribution < 1.29 is 9.59 Å². The van der Waals surface area contributed by atoms with Crippen molar-refractivity contribution in [2.45, 2.75) is 0 Å². The fourth-order valence-corrected chi connectivity index (χ4v) is 1.24. The van der Waals surface area contributed by atoms with Crippen molar-refractivity contribution in [1.82, 2.24) is 0 Å². The van der Waals surface area contributed by atoms with Crippen LogP contribution in [-0.2, 0) is 0 Å². The zero-order valence-electron chi connectivity index (χ0n) is 9.74. The van der Waals surface area contributed by atoms with Crippen molar-refractivity contribution in [3.8, 4) is 0 Å². The van der Waals surface area contributed by atoms with E-state index in [2.05, 4.69) is 0 Å². The van der Waals surface area contributed by atoms with Gasteiger partial charge in [-0.2, -0.15) is 0 Å². The second kappa shape index (κ2) is 6.85. The van der Waals surface area contributed by atoms with E-state index < -0.39 is 0 Å². The number of carbonyl (C=O) groups excluding carboxylic acids is 2. The van der Waals surface area contributed by atoms with Gasteiger partial charge in [0.2, 0.25) is 0 Å². The molecule has 0 unspecified atom stereocenters. The van der Waals surface area contributed by atoms with E-state index in [-0.39, 0.29) is 0 Å². The summed E-state index contributed by atoms with van der Waals surface area (Å²) in [5.41, 5.74) is 13.0. The lowest BCUT2D eigenvalue weighted by molar-refractivity contribution is 0.111. The molecule has 0 saturated heterocycles. The first-order chi connectivity index (χ1) is 8.69. The Morgan fingerprint density at radius 3 is 1.22 bits per heavy atom. The monoisotopic (exact) mass is 242 g/mol. The Balaban J connectivity index is 0.000000180. The van der Waals surface area contributed by atoms with E-state index in [9.17, 15) is 9.59 Å². The molecule has 0 amide bonds. The van der Waals surface area contributed by atoms with E-state index in [1.54, 1.807) is 48.5 Å². The van der Waals surface area contributed by atoms with Crippen LogP contribution in [0.3, 0.4) is 0 Å². The quantitative estimate of drug-likeness (QED) is 0.624. The fraction of sp³-hybridized carbons (Fsp3) is 0. The van der Waals surface area contributed by atoms with Gasteiger partial charge in [0.1, 0.15) is 0 Å². The Labute approximate surface area is 105 Å². The first-order valence-corrected chi connectivity index (χ1v) is 5.28.